The Bertz CT molecular complexity index is 265. The maximum absolute atomic E-state index is 12.3. The van der Waals surface area contributed by atoms with Gasteiger partial charge in [-0.25, -0.2) is 0 Å². The second kappa shape index (κ2) is 4.74. The van der Waals surface area contributed by atoms with Crippen LogP contribution >= 0.6 is 0 Å². The van der Waals surface area contributed by atoms with E-state index < -0.39 is 0 Å². The van der Waals surface area contributed by atoms with Gasteiger partial charge in [-0.15, -0.1) is 0 Å². The molecule has 16 heavy (non-hydrogen) atoms. The Labute approximate surface area is 98.4 Å². The first kappa shape index (κ1) is 11.9. The van der Waals surface area contributed by atoms with Gasteiger partial charge in [0, 0.05) is 25.0 Å². The van der Waals surface area contributed by atoms with E-state index in [-0.39, 0.29) is 6.04 Å². The minimum Gasteiger partial charge on any atom is -0.342 e. The Kier molecular flexibility index (Phi) is 3.53. The van der Waals surface area contributed by atoms with E-state index in [1.165, 1.54) is 12.8 Å². The van der Waals surface area contributed by atoms with Gasteiger partial charge in [0.1, 0.15) is 0 Å². The largest absolute Gasteiger partial charge is 0.342 e. The predicted molar refractivity (Wildman–Crippen MR) is 64.8 cm³/mol. The monoisotopic (exact) mass is 224 g/mol. The third-order valence-corrected chi connectivity index (χ3v) is 4.46. The van der Waals surface area contributed by atoms with Crippen LogP contribution in [0.2, 0.25) is 0 Å². The third kappa shape index (κ3) is 2.24. The molecule has 2 aliphatic rings. The van der Waals surface area contributed by atoms with Gasteiger partial charge in [0.2, 0.25) is 5.91 Å². The minimum atomic E-state index is 0.221. The van der Waals surface area contributed by atoms with Crippen LogP contribution in [0.15, 0.2) is 0 Å². The summed E-state index contributed by atoms with van der Waals surface area (Å²) in [5, 5.41) is 0. The van der Waals surface area contributed by atoms with Crippen molar-refractivity contribution in [2.75, 3.05) is 13.1 Å². The van der Waals surface area contributed by atoms with Crippen LogP contribution < -0.4 is 5.73 Å². The van der Waals surface area contributed by atoms with Crippen LogP contribution in [0, 0.1) is 17.8 Å². The molecule has 1 aliphatic carbocycles. The number of hydrogen-bond acceptors (Lipinski definition) is 2. The first-order chi connectivity index (χ1) is 7.59. The number of likely N-dealkylation sites (tertiary alicyclic amines) is 1. The predicted octanol–water partition coefficient (Wildman–Crippen LogP) is 1.62. The second-order valence-corrected chi connectivity index (χ2v) is 5.71. The number of carbonyl (C=O) groups excluding carboxylic acids is 1. The summed E-state index contributed by atoms with van der Waals surface area (Å²) in [5.74, 6) is 1.79. The van der Waals surface area contributed by atoms with Gasteiger partial charge in [0.15, 0.2) is 0 Å². The number of rotatable bonds is 2. The molecule has 1 aliphatic heterocycles. The lowest BCUT2D eigenvalue weighted by molar-refractivity contribution is -0.135. The molecule has 2 rings (SSSR count). The molecule has 4 atom stereocenters. The van der Waals surface area contributed by atoms with Crippen LogP contribution in [0.25, 0.3) is 0 Å². The highest BCUT2D eigenvalue weighted by Gasteiger charge is 2.36. The standard InChI is InChI=1S/C13H24N2O/c1-9-4-3-5-12(9)13(16)15-7-6-11(8-15)10(2)14/h9-12H,3-8,14H2,1-2H3. The molecule has 3 nitrogen and oxygen atoms in total. The zero-order valence-electron chi connectivity index (χ0n) is 10.5. The van der Waals surface area contributed by atoms with Gasteiger partial charge in [-0.3, -0.25) is 4.79 Å². The lowest BCUT2D eigenvalue weighted by Gasteiger charge is -2.23. The van der Waals surface area contributed by atoms with Crippen LogP contribution in [0.4, 0.5) is 0 Å². The molecule has 0 bridgehead atoms. The van der Waals surface area contributed by atoms with Crippen molar-refractivity contribution in [2.24, 2.45) is 23.5 Å². The second-order valence-electron chi connectivity index (χ2n) is 5.71. The quantitative estimate of drug-likeness (QED) is 0.774. The molecule has 0 aromatic rings. The molecule has 2 N–H and O–H groups in total. The average molecular weight is 224 g/mol. The van der Waals surface area contributed by atoms with Gasteiger partial charge in [-0.05, 0) is 38.0 Å². The minimum absolute atomic E-state index is 0.221. The molecule has 0 aromatic carbocycles. The summed E-state index contributed by atoms with van der Waals surface area (Å²) in [7, 11) is 0. The van der Waals surface area contributed by atoms with Crippen LogP contribution in [0.3, 0.4) is 0 Å². The maximum Gasteiger partial charge on any atom is 0.225 e. The van der Waals surface area contributed by atoms with E-state index in [2.05, 4.69) is 18.7 Å². The van der Waals surface area contributed by atoms with E-state index in [1.807, 2.05) is 0 Å². The van der Waals surface area contributed by atoms with Crippen LogP contribution in [0.1, 0.15) is 39.5 Å². The normalized spacial score (nSPS) is 36.7. The SMILES string of the molecule is CC(N)C1CCN(C(=O)C2CCCC2C)C1. The van der Waals surface area contributed by atoms with Gasteiger partial charge in [0.25, 0.3) is 0 Å². The van der Waals surface area contributed by atoms with Gasteiger partial charge in [-0.1, -0.05) is 13.3 Å². The Morgan fingerprint density at radius 3 is 2.62 bits per heavy atom. The summed E-state index contributed by atoms with van der Waals surface area (Å²) in [5.41, 5.74) is 5.90. The van der Waals surface area contributed by atoms with E-state index in [0.717, 1.165) is 25.9 Å². The third-order valence-electron chi connectivity index (χ3n) is 4.46. The van der Waals surface area contributed by atoms with E-state index >= 15 is 0 Å². The highest BCUT2D eigenvalue weighted by Crippen LogP contribution is 2.34. The summed E-state index contributed by atoms with van der Waals surface area (Å²) < 4.78 is 0. The van der Waals surface area contributed by atoms with E-state index in [1.54, 1.807) is 0 Å². The lowest BCUT2D eigenvalue weighted by Crippen LogP contribution is -2.37. The van der Waals surface area contributed by atoms with Crippen molar-refractivity contribution in [1.82, 2.24) is 4.90 Å². The molecule has 1 heterocycles. The molecule has 4 unspecified atom stereocenters. The van der Waals surface area contributed by atoms with Crippen molar-refractivity contribution in [3.63, 3.8) is 0 Å². The zero-order chi connectivity index (χ0) is 11.7. The fourth-order valence-electron chi connectivity index (χ4n) is 3.16. The summed E-state index contributed by atoms with van der Waals surface area (Å²) in [6.45, 7) is 6.08. The highest BCUT2D eigenvalue weighted by molar-refractivity contribution is 5.79. The Morgan fingerprint density at radius 1 is 1.38 bits per heavy atom. The first-order valence-corrected chi connectivity index (χ1v) is 6.64. The summed E-state index contributed by atoms with van der Waals surface area (Å²) in [6.07, 6.45) is 4.63. The Hall–Kier alpha value is -0.570. The first-order valence-electron chi connectivity index (χ1n) is 6.64. The molecule has 1 saturated carbocycles. The van der Waals surface area contributed by atoms with E-state index in [9.17, 15) is 4.79 Å². The number of carbonyl (C=O) groups is 1. The van der Waals surface area contributed by atoms with E-state index in [0.29, 0.717) is 23.7 Å². The molecule has 1 saturated heterocycles. The molecule has 1 amide bonds. The van der Waals surface area contributed by atoms with Crippen LogP contribution in [-0.2, 0) is 4.79 Å². The molecule has 0 radical (unpaired) electrons. The van der Waals surface area contributed by atoms with Crippen molar-refractivity contribution in [2.45, 2.75) is 45.6 Å². The molecule has 92 valence electrons. The molecule has 0 spiro atoms. The number of hydrogen-bond donors (Lipinski definition) is 1. The van der Waals surface area contributed by atoms with Gasteiger partial charge in [-0.2, -0.15) is 0 Å². The van der Waals surface area contributed by atoms with Crippen molar-refractivity contribution < 1.29 is 4.79 Å². The number of nitrogens with zero attached hydrogens (tertiary/aromatic N) is 1. The molecular weight excluding hydrogens is 200 g/mol. The van der Waals surface area contributed by atoms with Gasteiger partial charge in [0.05, 0.1) is 0 Å². The highest BCUT2D eigenvalue weighted by atomic mass is 16.2. The Balaban J connectivity index is 1.91. The van der Waals surface area contributed by atoms with Crippen LogP contribution in [-0.4, -0.2) is 29.9 Å². The van der Waals surface area contributed by atoms with E-state index in [4.69, 9.17) is 5.73 Å². The zero-order valence-corrected chi connectivity index (χ0v) is 10.5. The molecule has 3 heteroatoms. The average Bonchev–Trinajstić information content (AvgIpc) is 2.84. The van der Waals surface area contributed by atoms with Gasteiger partial charge < -0.3 is 10.6 Å². The topological polar surface area (TPSA) is 46.3 Å². The molecule has 2 fully saturated rings. The smallest absolute Gasteiger partial charge is 0.225 e. The summed E-state index contributed by atoms with van der Waals surface area (Å²) in [4.78, 5) is 14.4. The fourth-order valence-corrected chi connectivity index (χ4v) is 3.16. The van der Waals surface area contributed by atoms with Crippen molar-refractivity contribution in [3.8, 4) is 0 Å². The lowest BCUT2D eigenvalue weighted by atomic mass is 9.96. The van der Waals surface area contributed by atoms with Crippen LogP contribution in [0.5, 0.6) is 0 Å². The number of amides is 1. The maximum atomic E-state index is 12.3. The van der Waals surface area contributed by atoms with Crippen molar-refractivity contribution >= 4 is 5.91 Å². The van der Waals surface area contributed by atoms with Gasteiger partial charge >= 0.3 is 0 Å². The summed E-state index contributed by atoms with van der Waals surface area (Å²) >= 11 is 0. The fraction of sp³-hybridized carbons (Fsp3) is 0.923. The number of nitrogens with two attached hydrogens (primary N) is 1. The molecular formula is C13H24N2O. The van der Waals surface area contributed by atoms with Crippen molar-refractivity contribution in [1.29, 1.82) is 0 Å². The molecule has 0 aromatic heterocycles. The summed E-state index contributed by atoms with van der Waals surface area (Å²) in [6, 6.07) is 0.221. The van der Waals surface area contributed by atoms with Crippen molar-refractivity contribution in [3.05, 3.63) is 0 Å². The Morgan fingerprint density at radius 2 is 2.12 bits per heavy atom.